The third kappa shape index (κ3) is 3.18. The molecule has 0 aliphatic carbocycles. The van der Waals surface area contributed by atoms with Crippen LogP contribution in [0.4, 0.5) is 0 Å². The first-order valence-corrected chi connectivity index (χ1v) is 7.81. The molecule has 1 unspecified atom stereocenters. The van der Waals surface area contributed by atoms with Gasteiger partial charge in [0.15, 0.2) is 12.3 Å². The van der Waals surface area contributed by atoms with E-state index in [0.717, 1.165) is 25.9 Å². The molecule has 0 radical (unpaired) electrons. The number of hydrogen-bond donors (Lipinski definition) is 0. The van der Waals surface area contributed by atoms with Gasteiger partial charge in [0.1, 0.15) is 5.56 Å². The molecule has 3 heterocycles. The SMILES string of the molecule is Cc1nn2cccnc2c1C(=O)OCC(=O)N1CCCC(C)C1. The Morgan fingerprint density at radius 2 is 2.26 bits per heavy atom. The summed E-state index contributed by atoms with van der Waals surface area (Å²) in [6.07, 6.45) is 5.44. The second-order valence-electron chi connectivity index (χ2n) is 6.01. The van der Waals surface area contributed by atoms with Crippen LogP contribution in [0.2, 0.25) is 0 Å². The van der Waals surface area contributed by atoms with Gasteiger partial charge in [-0.1, -0.05) is 6.92 Å². The molecular formula is C16H20N4O3. The fourth-order valence-corrected chi connectivity index (χ4v) is 2.94. The molecule has 1 aliphatic rings. The smallest absolute Gasteiger partial charge is 0.344 e. The van der Waals surface area contributed by atoms with Crippen molar-refractivity contribution in [3.63, 3.8) is 0 Å². The standard InChI is InChI=1S/C16H20N4O3/c1-11-5-3-7-19(9-11)13(21)10-23-16(22)14-12(2)18-20-8-4-6-17-15(14)20/h4,6,8,11H,3,5,7,9-10H2,1-2H3. The Morgan fingerprint density at radius 3 is 3.04 bits per heavy atom. The van der Waals surface area contributed by atoms with Crippen molar-refractivity contribution in [3.05, 3.63) is 29.7 Å². The van der Waals surface area contributed by atoms with E-state index in [1.54, 1.807) is 30.3 Å². The maximum Gasteiger partial charge on any atom is 0.344 e. The van der Waals surface area contributed by atoms with Crippen LogP contribution in [-0.4, -0.2) is 51.1 Å². The van der Waals surface area contributed by atoms with Gasteiger partial charge in [-0.2, -0.15) is 5.10 Å². The monoisotopic (exact) mass is 316 g/mol. The first-order chi connectivity index (χ1) is 11.1. The van der Waals surface area contributed by atoms with E-state index in [9.17, 15) is 9.59 Å². The molecule has 0 bridgehead atoms. The Bertz CT molecular complexity index is 740. The summed E-state index contributed by atoms with van der Waals surface area (Å²) in [5.74, 6) is -0.212. The zero-order chi connectivity index (χ0) is 16.4. The Labute approximate surface area is 134 Å². The Hall–Kier alpha value is -2.44. The van der Waals surface area contributed by atoms with Gasteiger partial charge in [-0.25, -0.2) is 14.3 Å². The van der Waals surface area contributed by atoms with E-state index in [1.807, 2.05) is 0 Å². The summed E-state index contributed by atoms with van der Waals surface area (Å²) >= 11 is 0. The lowest BCUT2D eigenvalue weighted by Gasteiger charge is -2.30. The van der Waals surface area contributed by atoms with Crippen molar-refractivity contribution in [3.8, 4) is 0 Å². The molecule has 1 fully saturated rings. The number of piperidine rings is 1. The highest BCUT2D eigenvalue weighted by molar-refractivity contribution is 5.98. The molecule has 2 aromatic rings. The largest absolute Gasteiger partial charge is 0.452 e. The molecule has 23 heavy (non-hydrogen) atoms. The van der Waals surface area contributed by atoms with Gasteiger partial charge < -0.3 is 9.64 Å². The van der Waals surface area contributed by atoms with Gasteiger partial charge in [-0.05, 0) is 31.7 Å². The predicted molar refractivity (Wildman–Crippen MR) is 83.0 cm³/mol. The third-order valence-electron chi connectivity index (χ3n) is 4.11. The van der Waals surface area contributed by atoms with E-state index < -0.39 is 5.97 Å². The predicted octanol–water partition coefficient (Wildman–Crippen LogP) is 1.45. The Balaban J connectivity index is 1.67. The van der Waals surface area contributed by atoms with Gasteiger partial charge in [0.05, 0.1) is 5.69 Å². The minimum absolute atomic E-state index is 0.146. The van der Waals surface area contributed by atoms with Gasteiger partial charge in [-0.15, -0.1) is 0 Å². The molecule has 1 saturated heterocycles. The number of hydrogen-bond acceptors (Lipinski definition) is 5. The van der Waals surface area contributed by atoms with Crippen LogP contribution >= 0.6 is 0 Å². The van der Waals surface area contributed by atoms with Crippen LogP contribution in [0.15, 0.2) is 18.5 Å². The number of aryl methyl sites for hydroxylation is 1. The molecule has 7 nitrogen and oxygen atoms in total. The van der Waals surface area contributed by atoms with Crippen LogP contribution in [0.5, 0.6) is 0 Å². The lowest BCUT2D eigenvalue weighted by molar-refractivity contribution is -0.136. The average molecular weight is 316 g/mol. The number of likely N-dealkylation sites (tertiary alicyclic amines) is 1. The third-order valence-corrected chi connectivity index (χ3v) is 4.11. The zero-order valence-corrected chi connectivity index (χ0v) is 13.4. The summed E-state index contributed by atoms with van der Waals surface area (Å²) in [5.41, 5.74) is 1.28. The Kier molecular flexibility index (Phi) is 4.27. The fourth-order valence-electron chi connectivity index (χ4n) is 2.94. The van der Waals surface area contributed by atoms with Crippen LogP contribution in [0.1, 0.15) is 35.8 Å². The highest BCUT2D eigenvalue weighted by Gasteiger charge is 2.24. The van der Waals surface area contributed by atoms with E-state index >= 15 is 0 Å². The van der Waals surface area contributed by atoms with E-state index in [1.165, 1.54) is 4.52 Å². The van der Waals surface area contributed by atoms with Crippen molar-refractivity contribution < 1.29 is 14.3 Å². The van der Waals surface area contributed by atoms with Crippen LogP contribution in [0, 0.1) is 12.8 Å². The van der Waals surface area contributed by atoms with Gasteiger partial charge in [0.25, 0.3) is 5.91 Å². The highest BCUT2D eigenvalue weighted by Crippen LogP contribution is 2.17. The van der Waals surface area contributed by atoms with Gasteiger partial charge in [0.2, 0.25) is 0 Å². The van der Waals surface area contributed by atoms with Gasteiger partial charge in [-0.3, -0.25) is 4.79 Å². The highest BCUT2D eigenvalue weighted by atomic mass is 16.5. The van der Waals surface area contributed by atoms with Crippen LogP contribution in [0.25, 0.3) is 5.65 Å². The number of nitrogens with zero attached hydrogens (tertiary/aromatic N) is 4. The van der Waals surface area contributed by atoms with E-state index in [0.29, 0.717) is 22.8 Å². The van der Waals surface area contributed by atoms with Crippen molar-refractivity contribution in [2.45, 2.75) is 26.7 Å². The molecular weight excluding hydrogens is 296 g/mol. The van der Waals surface area contributed by atoms with Crippen molar-refractivity contribution in [2.24, 2.45) is 5.92 Å². The number of fused-ring (bicyclic) bond motifs is 1. The topological polar surface area (TPSA) is 76.8 Å². The minimum Gasteiger partial charge on any atom is -0.452 e. The molecule has 0 spiro atoms. The summed E-state index contributed by atoms with van der Waals surface area (Å²) in [5, 5.41) is 4.22. The first kappa shape index (κ1) is 15.5. The summed E-state index contributed by atoms with van der Waals surface area (Å²) in [4.78, 5) is 30.4. The van der Waals surface area contributed by atoms with Gasteiger partial charge >= 0.3 is 5.97 Å². The normalized spacial score (nSPS) is 18.2. The van der Waals surface area contributed by atoms with E-state index in [-0.39, 0.29) is 12.5 Å². The molecule has 1 amide bonds. The molecule has 0 N–H and O–H groups in total. The number of amides is 1. The van der Waals surface area contributed by atoms with Crippen molar-refractivity contribution in [1.82, 2.24) is 19.5 Å². The first-order valence-electron chi connectivity index (χ1n) is 7.81. The number of rotatable bonds is 3. The zero-order valence-electron chi connectivity index (χ0n) is 13.4. The molecule has 2 aromatic heterocycles. The number of ether oxygens (including phenoxy) is 1. The lowest BCUT2D eigenvalue weighted by atomic mass is 10.0. The van der Waals surface area contributed by atoms with E-state index in [2.05, 4.69) is 17.0 Å². The van der Waals surface area contributed by atoms with Crippen molar-refractivity contribution >= 4 is 17.5 Å². The Morgan fingerprint density at radius 1 is 1.43 bits per heavy atom. The summed E-state index contributed by atoms with van der Waals surface area (Å²) in [7, 11) is 0. The van der Waals surface area contributed by atoms with E-state index in [4.69, 9.17) is 4.74 Å². The number of aromatic nitrogens is 3. The second kappa shape index (κ2) is 6.36. The van der Waals surface area contributed by atoms with Crippen LogP contribution in [-0.2, 0) is 9.53 Å². The fraction of sp³-hybridized carbons (Fsp3) is 0.500. The molecule has 0 saturated carbocycles. The summed E-state index contributed by atoms with van der Waals surface area (Å²) in [6.45, 7) is 5.07. The number of carbonyl (C=O) groups is 2. The van der Waals surface area contributed by atoms with Crippen molar-refractivity contribution in [2.75, 3.05) is 19.7 Å². The lowest BCUT2D eigenvalue weighted by Crippen LogP contribution is -2.41. The van der Waals surface area contributed by atoms with Crippen LogP contribution < -0.4 is 0 Å². The van der Waals surface area contributed by atoms with Crippen LogP contribution in [0.3, 0.4) is 0 Å². The summed E-state index contributed by atoms with van der Waals surface area (Å²) < 4.78 is 6.73. The molecule has 3 rings (SSSR count). The quantitative estimate of drug-likeness (QED) is 0.801. The second-order valence-corrected chi connectivity index (χ2v) is 6.01. The molecule has 122 valence electrons. The summed E-state index contributed by atoms with van der Waals surface area (Å²) in [6, 6.07) is 1.73. The molecule has 0 aromatic carbocycles. The molecule has 7 heteroatoms. The maximum atomic E-state index is 12.3. The molecule has 1 atom stereocenters. The van der Waals surface area contributed by atoms with Gasteiger partial charge in [0, 0.05) is 25.5 Å². The molecule has 1 aliphatic heterocycles. The maximum absolute atomic E-state index is 12.3. The minimum atomic E-state index is -0.561. The average Bonchev–Trinajstić information content (AvgIpc) is 2.88. The number of carbonyl (C=O) groups excluding carboxylic acids is 2. The van der Waals surface area contributed by atoms with Crippen molar-refractivity contribution in [1.29, 1.82) is 0 Å². The number of esters is 1.